The second kappa shape index (κ2) is 12.9. The van der Waals surface area contributed by atoms with E-state index in [2.05, 4.69) is 27.2 Å². The summed E-state index contributed by atoms with van der Waals surface area (Å²) in [5.74, 6) is 0.807. The fourth-order valence-corrected chi connectivity index (χ4v) is 5.64. The summed E-state index contributed by atoms with van der Waals surface area (Å²) < 4.78 is 7.23. The Bertz CT molecular complexity index is 1760. The molecule has 9 nitrogen and oxygen atoms in total. The summed E-state index contributed by atoms with van der Waals surface area (Å²) >= 11 is 0. The van der Waals surface area contributed by atoms with Crippen LogP contribution < -0.4 is 0 Å². The van der Waals surface area contributed by atoms with Crippen LogP contribution in [-0.2, 0) is 35.5 Å². The van der Waals surface area contributed by atoms with Gasteiger partial charge in [0.25, 0.3) is 0 Å². The van der Waals surface area contributed by atoms with Crippen LogP contribution in [0.3, 0.4) is 0 Å². The third-order valence-electron chi connectivity index (χ3n) is 7.95. The van der Waals surface area contributed by atoms with E-state index in [1.807, 2.05) is 78.6 Å². The van der Waals surface area contributed by atoms with Gasteiger partial charge < -0.3 is 14.2 Å². The minimum absolute atomic E-state index is 0.0715. The maximum atomic E-state index is 14.5. The Morgan fingerprint density at radius 3 is 2.41 bits per heavy atom. The largest absolute Gasteiger partial charge is 0.446 e. The van der Waals surface area contributed by atoms with Crippen LogP contribution in [0, 0.1) is 13.8 Å². The van der Waals surface area contributed by atoms with Crippen LogP contribution >= 0.6 is 0 Å². The van der Waals surface area contributed by atoms with E-state index in [-0.39, 0.29) is 18.4 Å². The minimum Gasteiger partial charge on any atom is -0.446 e. The highest BCUT2D eigenvalue weighted by Crippen LogP contribution is 2.23. The molecule has 2 amide bonds. The molecular weight excluding hydrogens is 552 g/mol. The number of carbonyl (C=O) groups excluding carboxylic acids is 2. The Balaban J connectivity index is 1.35. The van der Waals surface area contributed by atoms with Gasteiger partial charge in [0, 0.05) is 39.1 Å². The van der Waals surface area contributed by atoms with Gasteiger partial charge in [-0.15, -0.1) is 0 Å². The van der Waals surface area contributed by atoms with E-state index in [0.29, 0.717) is 36.9 Å². The number of benzene rings is 3. The molecule has 0 fully saturated rings. The zero-order chi connectivity index (χ0) is 30.5. The molecule has 0 N–H and O–H groups in total. The molecule has 9 heteroatoms. The first-order chi connectivity index (χ1) is 21.4. The minimum atomic E-state index is -0.727. The average molecular weight is 587 g/mol. The Morgan fingerprint density at radius 2 is 1.70 bits per heavy atom. The van der Waals surface area contributed by atoms with Crippen LogP contribution in [0.1, 0.15) is 39.6 Å². The Hall–Kier alpha value is -5.31. The SMILES string of the molecule is Cc1nc(C=CC(=O)N(Cc2ccc(-n3cncn3)cc2)C(Cc2ccccc2)C(=O)N2CCc3ccccc3C2)c(C)o1. The number of rotatable bonds is 9. The van der Waals surface area contributed by atoms with Crippen LogP contribution in [-0.4, -0.2) is 53.9 Å². The molecule has 0 saturated carbocycles. The number of amides is 2. The van der Waals surface area contributed by atoms with Gasteiger partial charge >= 0.3 is 0 Å². The topological polar surface area (TPSA) is 97.4 Å². The zero-order valence-electron chi connectivity index (χ0n) is 24.8. The van der Waals surface area contributed by atoms with Gasteiger partial charge in [-0.25, -0.2) is 14.6 Å². The quantitative estimate of drug-likeness (QED) is 0.223. The van der Waals surface area contributed by atoms with Gasteiger partial charge in [-0.2, -0.15) is 5.10 Å². The summed E-state index contributed by atoms with van der Waals surface area (Å²) in [7, 11) is 0. The van der Waals surface area contributed by atoms with E-state index >= 15 is 0 Å². The average Bonchev–Trinajstić information content (AvgIpc) is 3.71. The monoisotopic (exact) mass is 586 g/mol. The van der Waals surface area contributed by atoms with Crippen LogP contribution in [0.5, 0.6) is 0 Å². The molecule has 3 aromatic carbocycles. The van der Waals surface area contributed by atoms with Gasteiger partial charge in [0.15, 0.2) is 5.89 Å². The third-order valence-corrected chi connectivity index (χ3v) is 7.95. The molecular formula is C35H34N6O3. The van der Waals surface area contributed by atoms with Crippen molar-refractivity contribution in [2.24, 2.45) is 0 Å². The van der Waals surface area contributed by atoms with E-state index in [4.69, 9.17) is 4.42 Å². The first kappa shape index (κ1) is 28.8. The number of nitrogens with zero attached hydrogens (tertiary/aromatic N) is 6. The molecule has 222 valence electrons. The van der Waals surface area contributed by atoms with Gasteiger partial charge in [-0.3, -0.25) is 9.59 Å². The predicted octanol–water partition coefficient (Wildman–Crippen LogP) is 5.11. The maximum absolute atomic E-state index is 14.5. The second-order valence-corrected chi connectivity index (χ2v) is 11.0. The predicted molar refractivity (Wildman–Crippen MR) is 166 cm³/mol. The molecule has 0 spiro atoms. The number of carbonyl (C=O) groups is 2. The van der Waals surface area contributed by atoms with Crippen LogP contribution in [0.2, 0.25) is 0 Å². The standard InChI is InChI=1S/C35H34N6O3/c1-25-32(38-26(2)44-25)16-17-34(42)40(21-28-12-14-31(15-13-28)41-24-36-23-37-41)33(20-27-8-4-3-5-9-27)35(43)39-19-18-29-10-6-7-11-30(29)22-39/h3-17,23-24,33H,18-22H2,1-2H3. The smallest absolute Gasteiger partial charge is 0.247 e. The van der Waals surface area contributed by atoms with Crippen molar-refractivity contribution >= 4 is 17.9 Å². The highest BCUT2D eigenvalue weighted by atomic mass is 16.4. The number of aryl methyl sites for hydroxylation is 2. The van der Waals surface area contributed by atoms with E-state index in [9.17, 15) is 9.59 Å². The summed E-state index contributed by atoms with van der Waals surface area (Å²) in [5, 5.41) is 4.20. The molecule has 1 unspecified atom stereocenters. The van der Waals surface area contributed by atoms with Crippen molar-refractivity contribution in [3.8, 4) is 5.69 Å². The zero-order valence-corrected chi connectivity index (χ0v) is 24.8. The van der Waals surface area contributed by atoms with E-state index in [0.717, 1.165) is 28.8 Å². The van der Waals surface area contributed by atoms with Crippen molar-refractivity contribution < 1.29 is 14.0 Å². The first-order valence-corrected chi connectivity index (χ1v) is 14.7. The fourth-order valence-electron chi connectivity index (χ4n) is 5.64. The number of fused-ring (bicyclic) bond motifs is 1. The molecule has 1 aliphatic rings. The molecule has 0 bridgehead atoms. The molecule has 6 rings (SSSR count). The van der Waals surface area contributed by atoms with Crippen LogP contribution in [0.25, 0.3) is 11.8 Å². The van der Waals surface area contributed by atoms with Gasteiger partial charge in [-0.1, -0.05) is 66.7 Å². The van der Waals surface area contributed by atoms with Crippen LogP contribution in [0.4, 0.5) is 0 Å². The van der Waals surface area contributed by atoms with Crippen molar-refractivity contribution in [3.05, 3.63) is 137 Å². The van der Waals surface area contributed by atoms with Gasteiger partial charge in [0.05, 0.1) is 5.69 Å². The van der Waals surface area contributed by atoms with Crippen LogP contribution in [0.15, 0.2) is 102 Å². The van der Waals surface area contributed by atoms with Gasteiger partial charge in [0.1, 0.15) is 30.2 Å². The number of hydrogen-bond donors (Lipinski definition) is 0. The molecule has 5 aromatic rings. The van der Waals surface area contributed by atoms with E-state index in [1.165, 1.54) is 18.0 Å². The van der Waals surface area contributed by atoms with Gasteiger partial charge in [-0.05, 0) is 53.8 Å². The number of oxazole rings is 1. The second-order valence-electron chi connectivity index (χ2n) is 11.0. The molecule has 1 atom stereocenters. The van der Waals surface area contributed by atoms with Crippen molar-refractivity contribution in [1.29, 1.82) is 0 Å². The van der Waals surface area contributed by atoms with E-state index in [1.54, 1.807) is 28.9 Å². The maximum Gasteiger partial charge on any atom is 0.247 e. The lowest BCUT2D eigenvalue weighted by Crippen LogP contribution is -2.52. The Morgan fingerprint density at radius 1 is 0.955 bits per heavy atom. The molecule has 44 heavy (non-hydrogen) atoms. The molecule has 2 aromatic heterocycles. The molecule has 3 heterocycles. The highest BCUT2D eigenvalue weighted by molar-refractivity contribution is 5.95. The lowest BCUT2D eigenvalue weighted by molar-refractivity contribution is -0.144. The van der Waals surface area contributed by atoms with Crippen molar-refractivity contribution in [2.75, 3.05) is 6.54 Å². The third kappa shape index (κ3) is 6.52. The molecule has 0 saturated heterocycles. The Labute approximate surface area is 256 Å². The summed E-state index contributed by atoms with van der Waals surface area (Å²) in [6, 6.07) is 25.1. The summed E-state index contributed by atoms with van der Waals surface area (Å²) in [6.45, 7) is 4.94. The van der Waals surface area contributed by atoms with Crippen molar-refractivity contribution in [2.45, 2.75) is 45.8 Å². The summed E-state index contributed by atoms with van der Waals surface area (Å²) in [4.78, 5) is 40.5. The fraction of sp³-hybridized carbons (Fsp3) is 0.229. The first-order valence-electron chi connectivity index (χ1n) is 14.7. The van der Waals surface area contributed by atoms with Gasteiger partial charge in [0.2, 0.25) is 11.8 Å². The summed E-state index contributed by atoms with van der Waals surface area (Å²) in [6.07, 6.45) is 7.44. The molecule has 0 radical (unpaired) electrons. The van der Waals surface area contributed by atoms with Crippen molar-refractivity contribution in [3.63, 3.8) is 0 Å². The number of aromatic nitrogens is 4. The van der Waals surface area contributed by atoms with E-state index < -0.39 is 6.04 Å². The highest BCUT2D eigenvalue weighted by Gasteiger charge is 2.34. The summed E-state index contributed by atoms with van der Waals surface area (Å²) in [5.41, 5.74) is 5.71. The lowest BCUT2D eigenvalue weighted by Gasteiger charge is -2.36. The Kier molecular flexibility index (Phi) is 8.45. The molecule has 1 aliphatic heterocycles. The van der Waals surface area contributed by atoms with Crippen molar-refractivity contribution in [1.82, 2.24) is 29.5 Å². The molecule has 0 aliphatic carbocycles. The number of hydrogen-bond acceptors (Lipinski definition) is 6. The lowest BCUT2D eigenvalue weighted by atomic mass is 9.97. The normalized spacial score (nSPS) is 13.5.